The molecule has 0 aliphatic carbocycles. The van der Waals surface area contributed by atoms with Crippen LogP contribution in [0.1, 0.15) is 42.5 Å². The molecule has 4 nitrogen and oxygen atoms in total. The number of aromatic nitrogens is 2. The van der Waals surface area contributed by atoms with E-state index in [1.807, 2.05) is 45.0 Å². The van der Waals surface area contributed by atoms with Crippen molar-refractivity contribution in [2.45, 2.75) is 33.7 Å². The van der Waals surface area contributed by atoms with Crippen molar-refractivity contribution in [3.05, 3.63) is 47.3 Å². The van der Waals surface area contributed by atoms with Crippen molar-refractivity contribution in [3.8, 4) is 5.75 Å². The second-order valence-corrected chi connectivity index (χ2v) is 4.48. The fraction of sp³-hybridized carbons (Fsp3) is 0.375. The molecule has 2 rings (SSSR count). The first-order chi connectivity index (χ1) is 9.69. The summed E-state index contributed by atoms with van der Waals surface area (Å²) in [5.74, 6) is 0.706. The molecule has 0 fully saturated rings. The zero-order valence-electron chi connectivity index (χ0n) is 12.2. The van der Waals surface area contributed by atoms with E-state index in [1.165, 1.54) is 0 Å². The molecule has 1 heterocycles. The van der Waals surface area contributed by atoms with Gasteiger partial charge in [0, 0.05) is 12.1 Å². The van der Waals surface area contributed by atoms with E-state index >= 15 is 0 Å². The van der Waals surface area contributed by atoms with Crippen LogP contribution in [0.2, 0.25) is 0 Å². The first-order valence-electron chi connectivity index (χ1n) is 7.03. The first-order valence-corrected chi connectivity index (χ1v) is 7.03. The second-order valence-electron chi connectivity index (χ2n) is 4.48. The standard InChI is InChI=1S/C16H20N2O2/c1-4-13-11-15(18(5-2)17-13)16(19)12-8-7-9-14(10-12)20-6-3/h7-11H,4-6H2,1-3H3. The molecule has 0 unspecified atom stereocenters. The van der Waals surface area contributed by atoms with E-state index in [1.54, 1.807) is 10.7 Å². The third-order valence-electron chi connectivity index (χ3n) is 3.13. The molecule has 0 spiro atoms. The monoisotopic (exact) mass is 272 g/mol. The Balaban J connectivity index is 2.35. The van der Waals surface area contributed by atoms with Crippen molar-refractivity contribution in [1.82, 2.24) is 9.78 Å². The summed E-state index contributed by atoms with van der Waals surface area (Å²) in [6.07, 6.45) is 0.826. The van der Waals surface area contributed by atoms with Gasteiger partial charge in [-0.25, -0.2) is 0 Å². The van der Waals surface area contributed by atoms with E-state index in [4.69, 9.17) is 4.74 Å². The SMILES string of the molecule is CCOc1cccc(C(=O)c2cc(CC)nn2CC)c1. The highest BCUT2D eigenvalue weighted by atomic mass is 16.5. The second kappa shape index (κ2) is 6.37. The summed E-state index contributed by atoms with van der Waals surface area (Å²) in [5, 5.41) is 4.42. The summed E-state index contributed by atoms with van der Waals surface area (Å²) in [6.45, 7) is 7.22. The average Bonchev–Trinajstić information content (AvgIpc) is 2.90. The van der Waals surface area contributed by atoms with Crippen LogP contribution in [-0.2, 0) is 13.0 Å². The number of aryl methyl sites for hydroxylation is 2. The van der Waals surface area contributed by atoms with Crippen LogP contribution in [0.3, 0.4) is 0 Å². The van der Waals surface area contributed by atoms with Crippen LogP contribution in [0.5, 0.6) is 5.75 Å². The van der Waals surface area contributed by atoms with E-state index in [2.05, 4.69) is 5.10 Å². The minimum Gasteiger partial charge on any atom is -0.494 e. The number of ether oxygens (including phenoxy) is 1. The summed E-state index contributed by atoms with van der Waals surface area (Å²) < 4.78 is 7.20. The maximum Gasteiger partial charge on any atom is 0.211 e. The van der Waals surface area contributed by atoms with Crippen molar-refractivity contribution in [2.24, 2.45) is 0 Å². The van der Waals surface area contributed by atoms with Gasteiger partial charge in [-0.05, 0) is 38.5 Å². The lowest BCUT2D eigenvalue weighted by Crippen LogP contribution is -2.10. The molecule has 0 saturated heterocycles. The van der Waals surface area contributed by atoms with Gasteiger partial charge in [0.15, 0.2) is 0 Å². The van der Waals surface area contributed by atoms with Crippen molar-refractivity contribution in [1.29, 1.82) is 0 Å². The van der Waals surface area contributed by atoms with Crippen LogP contribution in [-0.4, -0.2) is 22.2 Å². The summed E-state index contributed by atoms with van der Waals surface area (Å²) in [5.41, 5.74) is 2.21. The molecule has 0 aliphatic rings. The normalized spacial score (nSPS) is 10.6. The Bertz CT molecular complexity index is 602. The van der Waals surface area contributed by atoms with Crippen molar-refractivity contribution in [2.75, 3.05) is 6.61 Å². The minimum atomic E-state index is -0.0133. The lowest BCUT2D eigenvalue weighted by Gasteiger charge is -2.06. The van der Waals surface area contributed by atoms with Gasteiger partial charge < -0.3 is 4.74 Å². The fourth-order valence-electron chi connectivity index (χ4n) is 2.11. The van der Waals surface area contributed by atoms with Crippen molar-refractivity contribution < 1.29 is 9.53 Å². The minimum absolute atomic E-state index is 0.0133. The van der Waals surface area contributed by atoms with Crippen LogP contribution in [0, 0.1) is 0 Å². The average molecular weight is 272 g/mol. The quantitative estimate of drug-likeness (QED) is 0.759. The van der Waals surface area contributed by atoms with Gasteiger partial charge in [-0.1, -0.05) is 19.1 Å². The van der Waals surface area contributed by atoms with E-state index in [0.717, 1.165) is 17.9 Å². The number of rotatable bonds is 6. The highest BCUT2D eigenvalue weighted by Gasteiger charge is 2.16. The molecule has 106 valence electrons. The number of carbonyl (C=O) groups is 1. The van der Waals surface area contributed by atoms with E-state index in [9.17, 15) is 4.79 Å². The van der Waals surface area contributed by atoms with Crippen LogP contribution in [0.4, 0.5) is 0 Å². The van der Waals surface area contributed by atoms with E-state index < -0.39 is 0 Å². The predicted octanol–water partition coefficient (Wildman–Crippen LogP) is 3.10. The van der Waals surface area contributed by atoms with Gasteiger partial charge in [0.05, 0.1) is 12.3 Å². The van der Waals surface area contributed by atoms with Crippen molar-refractivity contribution >= 4 is 5.78 Å². The molecule has 0 bridgehead atoms. The number of benzene rings is 1. The molecule has 0 atom stereocenters. The van der Waals surface area contributed by atoms with Crippen LogP contribution in [0.25, 0.3) is 0 Å². The summed E-state index contributed by atoms with van der Waals surface area (Å²) in [4.78, 5) is 12.6. The lowest BCUT2D eigenvalue weighted by atomic mass is 10.1. The Hall–Kier alpha value is -2.10. The largest absolute Gasteiger partial charge is 0.494 e. The first kappa shape index (κ1) is 14.3. The molecule has 20 heavy (non-hydrogen) atoms. The van der Waals surface area contributed by atoms with E-state index in [-0.39, 0.29) is 5.78 Å². The highest BCUT2D eigenvalue weighted by molar-refractivity contribution is 6.08. The number of ketones is 1. The number of carbonyl (C=O) groups excluding carboxylic acids is 1. The Kier molecular flexibility index (Phi) is 4.56. The molecule has 0 amide bonds. The third kappa shape index (κ3) is 2.90. The highest BCUT2D eigenvalue weighted by Crippen LogP contribution is 2.17. The zero-order valence-corrected chi connectivity index (χ0v) is 12.2. The number of hydrogen-bond acceptors (Lipinski definition) is 3. The van der Waals surface area contributed by atoms with E-state index in [0.29, 0.717) is 24.4 Å². The third-order valence-corrected chi connectivity index (χ3v) is 3.13. The Morgan fingerprint density at radius 2 is 2.05 bits per heavy atom. The molecule has 1 aromatic heterocycles. The predicted molar refractivity (Wildman–Crippen MR) is 78.3 cm³/mol. The fourth-order valence-corrected chi connectivity index (χ4v) is 2.11. The Morgan fingerprint density at radius 3 is 2.70 bits per heavy atom. The molecular weight excluding hydrogens is 252 g/mol. The molecule has 4 heteroatoms. The van der Waals surface area contributed by atoms with Gasteiger partial charge in [-0.15, -0.1) is 0 Å². The summed E-state index contributed by atoms with van der Waals surface area (Å²) in [6, 6.07) is 9.16. The summed E-state index contributed by atoms with van der Waals surface area (Å²) in [7, 11) is 0. The maximum atomic E-state index is 12.6. The van der Waals surface area contributed by atoms with Crippen LogP contribution < -0.4 is 4.74 Å². The molecule has 0 N–H and O–H groups in total. The Morgan fingerprint density at radius 1 is 1.25 bits per heavy atom. The molecule has 1 aromatic carbocycles. The van der Waals surface area contributed by atoms with Crippen LogP contribution in [0.15, 0.2) is 30.3 Å². The van der Waals surface area contributed by atoms with Gasteiger partial charge in [0.25, 0.3) is 0 Å². The number of nitrogens with zero attached hydrogens (tertiary/aromatic N) is 2. The maximum absolute atomic E-state index is 12.6. The smallest absolute Gasteiger partial charge is 0.211 e. The molecule has 2 aromatic rings. The van der Waals surface area contributed by atoms with Gasteiger partial charge in [-0.2, -0.15) is 5.10 Å². The zero-order chi connectivity index (χ0) is 14.5. The van der Waals surface area contributed by atoms with Crippen LogP contribution >= 0.6 is 0 Å². The Labute approximate surface area is 119 Å². The molecular formula is C16H20N2O2. The number of hydrogen-bond donors (Lipinski definition) is 0. The van der Waals surface area contributed by atoms with Gasteiger partial charge in [0.1, 0.15) is 11.4 Å². The van der Waals surface area contributed by atoms with Gasteiger partial charge in [-0.3, -0.25) is 9.48 Å². The summed E-state index contributed by atoms with van der Waals surface area (Å²) >= 11 is 0. The molecule has 0 radical (unpaired) electrons. The van der Waals surface area contributed by atoms with Gasteiger partial charge >= 0.3 is 0 Å². The topological polar surface area (TPSA) is 44.1 Å². The lowest BCUT2D eigenvalue weighted by molar-refractivity contribution is 0.102. The molecule has 0 aliphatic heterocycles. The van der Waals surface area contributed by atoms with Crippen molar-refractivity contribution in [3.63, 3.8) is 0 Å². The van der Waals surface area contributed by atoms with Gasteiger partial charge in [0.2, 0.25) is 5.78 Å². The molecule has 0 saturated carbocycles.